The Morgan fingerprint density at radius 2 is 1.74 bits per heavy atom. The number of thiocarbonyl (C=S) groups is 1. The Morgan fingerprint density at radius 1 is 1.04 bits per heavy atom. The van der Waals surface area contributed by atoms with E-state index < -0.39 is 11.8 Å². The van der Waals surface area contributed by atoms with Gasteiger partial charge in [0.15, 0.2) is 11.7 Å². The van der Waals surface area contributed by atoms with Crippen molar-refractivity contribution in [3.05, 3.63) is 60.4 Å². The minimum Gasteiger partial charge on any atom is -0.484 e. The summed E-state index contributed by atoms with van der Waals surface area (Å²) in [7, 11) is 0. The largest absolute Gasteiger partial charge is 0.484 e. The van der Waals surface area contributed by atoms with Crippen molar-refractivity contribution in [2.45, 2.75) is 0 Å². The molecule has 0 spiro atoms. The molecule has 0 saturated heterocycles. The van der Waals surface area contributed by atoms with Gasteiger partial charge in [0.2, 0.25) is 0 Å². The van der Waals surface area contributed by atoms with Crippen LogP contribution >= 0.6 is 12.2 Å². The lowest BCUT2D eigenvalue weighted by molar-refractivity contribution is -0.121. The number of hydrazine groups is 1. The fourth-order valence-electron chi connectivity index (χ4n) is 1.55. The first-order chi connectivity index (χ1) is 11.1. The number of carbonyl (C=O) groups excluding carboxylic acids is 2. The molecule has 2 rings (SSSR count). The Hall–Kier alpha value is -3.00. The smallest absolute Gasteiger partial charge is 0.269 e. The maximum absolute atomic E-state index is 11.7. The zero-order chi connectivity index (χ0) is 16.5. The van der Waals surface area contributed by atoms with Gasteiger partial charge in [-0.1, -0.05) is 18.2 Å². The minimum atomic E-state index is -0.440. The monoisotopic (exact) mass is 330 g/mol. The molecule has 0 atom stereocenters. The minimum absolute atomic E-state index is 0.0333. The van der Waals surface area contributed by atoms with Crippen molar-refractivity contribution in [2.75, 3.05) is 6.61 Å². The Labute approximate surface area is 138 Å². The first-order valence-corrected chi connectivity index (χ1v) is 7.04. The van der Waals surface area contributed by atoms with E-state index in [2.05, 4.69) is 21.2 Å². The third-order valence-electron chi connectivity index (χ3n) is 2.60. The van der Waals surface area contributed by atoms with Gasteiger partial charge in [-0.05, 0) is 36.5 Å². The number of hydrogen-bond acceptors (Lipinski definition) is 5. The number of pyridine rings is 1. The highest BCUT2D eigenvalue weighted by atomic mass is 32.1. The quantitative estimate of drug-likeness (QED) is 0.567. The number of para-hydroxylation sites is 1. The molecular formula is C15H14N4O3S. The van der Waals surface area contributed by atoms with Crippen molar-refractivity contribution in [2.24, 2.45) is 0 Å². The van der Waals surface area contributed by atoms with E-state index in [1.54, 1.807) is 36.4 Å². The molecule has 0 bridgehead atoms. The fraction of sp³-hybridized carbons (Fsp3) is 0.0667. The number of nitrogens with one attached hydrogen (secondary N) is 3. The number of hydrogen-bond donors (Lipinski definition) is 3. The molecule has 0 aliphatic heterocycles. The Morgan fingerprint density at radius 3 is 2.43 bits per heavy atom. The average Bonchev–Trinajstić information content (AvgIpc) is 2.59. The van der Waals surface area contributed by atoms with Gasteiger partial charge in [0.1, 0.15) is 5.75 Å². The Bertz CT molecular complexity index is 680. The predicted molar refractivity (Wildman–Crippen MR) is 87.5 cm³/mol. The zero-order valence-corrected chi connectivity index (χ0v) is 12.8. The highest BCUT2D eigenvalue weighted by Crippen LogP contribution is 2.07. The summed E-state index contributed by atoms with van der Waals surface area (Å²) in [6.45, 7) is -0.190. The molecule has 8 heteroatoms. The summed E-state index contributed by atoms with van der Waals surface area (Å²) in [5, 5.41) is 2.35. The van der Waals surface area contributed by atoms with Crippen molar-refractivity contribution in [1.29, 1.82) is 0 Å². The first kappa shape index (κ1) is 16.4. The van der Waals surface area contributed by atoms with Crippen LogP contribution in [0.3, 0.4) is 0 Å². The lowest BCUT2D eigenvalue weighted by atomic mass is 10.3. The maximum atomic E-state index is 11.7. The summed E-state index contributed by atoms with van der Waals surface area (Å²) in [6.07, 6.45) is 2.99. The second-order valence-electron chi connectivity index (χ2n) is 4.29. The SMILES string of the molecule is O=C(COc1ccccc1)NC(=S)NNC(=O)c1ccncc1. The van der Waals surface area contributed by atoms with Gasteiger partial charge in [0.25, 0.3) is 11.8 Å². The van der Waals surface area contributed by atoms with E-state index in [0.29, 0.717) is 11.3 Å². The second kappa shape index (κ2) is 8.44. The van der Waals surface area contributed by atoms with Crippen LogP contribution in [0.4, 0.5) is 0 Å². The van der Waals surface area contributed by atoms with Crippen molar-refractivity contribution >= 4 is 29.1 Å². The molecule has 2 aromatic rings. The summed E-state index contributed by atoms with van der Waals surface area (Å²) in [6, 6.07) is 12.0. The molecule has 23 heavy (non-hydrogen) atoms. The third-order valence-corrected chi connectivity index (χ3v) is 2.80. The molecule has 118 valence electrons. The number of rotatable bonds is 4. The topological polar surface area (TPSA) is 92.4 Å². The molecule has 0 saturated carbocycles. The van der Waals surface area contributed by atoms with Gasteiger partial charge in [-0.25, -0.2) is 0 Å². The summed E-state index contributed by atoms with van der Waals surface area (Å²) in [4.78, 5) is 27.2. The number of benzene rings is 1. The van der Waals surface area contributed by atoms with Crippen LogP contribution in [0.2, 0.25) is 0 Å². The van der Waals surface area contributed by atoms with E-state index >= 15 is 0 Å². The maximum Gasteiger partial charge on any atom is 0.269 e. The Kier molecular flexibility index (Phi) is 6.01. The van der Waals surface area contributed by atoms with Crippen LogP contribution in [0.25, 0.3) is 0 Å². The van der Waals surface area contributed by atoms with Crippen LogP contribution in [0.5, 0.6) is 5.75 Å². The fourth-order valence-corrected chi connectivity index (χ4v) is 1.71. The van der Waals surface area contributed by atoms with Crippen molar-refractivity contribution in [3.63, 3.8) is 0 Å². The van der Waals surface area contributed by atoms with Gasteiger partial charge in [0.05, 0.1) is 0 Å². The summed E-state index contributed by atoms with van der Waals surface area (Å²) < 4.78 is 5.27. The molecule has 1 aromatic heterocycles. The van der Waals surface area contributed by atoms with E-state index in [1.165, 1.54) is 12.4 Å². The molecule has 0 radical (unpaired) electrons. The van der Waals surface area contributed by atoms with Gasteiger partial charge in [-0.2, -0.15) is 0 Å². The molecule has 3 N–H and O–H groups in total. The summed E-state index contributed by atoms with van der Waals surface area (Å²) in [5.74, 6) is -0.262. The molecule has 1 heterocycles. The van der Waals surface area contributed by atoms with Gasteiger partial charge in [-0.3, -0.25) is 30.7 Å². The summed E-state index contributed by atoms with van der Waals surface area (Å²) in [5.41, 5.74) is 5.21. The van der Waals surface area contributed by atoms with E-state index in [0.717, 1.165) is 0 Å². The van der Waals surface area contributed by atoms with Crippen molar-refractivity contribution in [1.82, 2.24) is 21.2 Å². The van der Waals surface area contributed by atoms with Crippen molar-refractivity contribution < 1.29 is 14.3 Å². The highest BCUT2D eigenvalue weighted by molar-refractivity contribution is 7.80. The highest BCUT2D eigenvalue weighted by Gasteiger charge is 2.08. The van der Waals surface area contributed by atoms with Crippen LogP contribution in [-0.2, 0) is 4.79 Å². The summed E-state index contributed by atoms with van der Waals surface area (Å²) >= 11 is 4.90. The predicted octanol–water partition coefficient (Wildman–Crippen LogP) is 0.796. The molecular weight excluding hydrogens is 316 g/mol. The van der Waals surface area contributed by atoms with Crippen LogP contribution in [0, 0.1) is 0 Å². The number of ether oxygens (including phenoxy) is 1. The van der Waals surface area contributed by atoms with Crippen LogP contribution < -0.4 is 20.9 Å². The van der Waals surface area contributed by atoms with Gasteiger partial charge < -0.3 is 4.74 Å². The lowest BCUT2D eigenvalue weighted by Gasteiger charge is -2.11. The van der Waals surface area contributed by atoms with E-state index in [1.807, 2.05) is 6.07 Å². The van der Waals surface area contributed by atoms with Gasteiger partial charge in [0, 0.05) is 18.0 Å². The van der Waals surface area contributed by atoms with Gasteiger partial charge >= 0.3 is 0 Å². The molecule has 1 aromatic carbocycles. The second-order valence-corrected chi connectivity index (χ2v) is 4.70. The zero-order valence-electron chi connectivity index (χ0n) is 12.0. The van der Waals surface area contributed by atoms with E-state index in [4.69, 9.17) is 17.0 Å². The number of carbonyl (C=O) groups is 2. The van der Waals surface area contributed by atoms with E-state index in [9.17, 15) is 9.59 Å². The Balaban J connectivity index is 1.70. The average molecular weight is 330 g/mol. The third kappa shape index (κ3) is 5.71. The lowest BCUT2D eigenvalue weighted by Crippen LogP contribution is -2.49. The molecule has 0 unspecified atom stereocenters. The van der Waals surface area contributed by atoms with Crippen LogP contribution in [0.1, 0.15) is 10.4 Å². The standard InChI is InChI=1S/C15H14N4O3S/c20-13(10-22-12-4-2-1-3-5-12)17-15(23)19-18-14(21)11-6-8-16-9-7-11/h1-9H,10H2,(H,18,21)(H2,17,19,20,23). The first-order valence-electron chi connectivity index (χ1n) is 6.63. The van der Waals surface area contributed by atoms with E-state index in [-0.39, 0.29) is 11.7 Å². The number of aromatic nitrogens is 1. The molecule has 0 aliphatic carbocycles. The molecule has 2 amide bonds. The van der Waals surface area contributed by atoms with Crippen molar-refractivity contribution in [3.8, 4) is 5.75 Å². The normalized spacial score (nSPS) is 9.57. The van der Waals surface area contributed by atoms with Gasteiger partial charge in [-0.15, -0.1) is 0 Å². The van der Waals surface area contributed by atoms with Crippen LogP contribution in [0.15, 0.2) is 54.9 Å². The number of nitrogens with zero attached hydrogens (tertiary/aromatic N) is 1. The molecule has 7 nitrogen and oxygen atoms in total. The van der Waals surface area contributed by atoms with Crippen LogP contribution in [-0.4, -0.2) is 28.5 Å². The molecule has 0 fully saturated rings. The number of amides is 2. The molecule has 0 aliphatic rings.